The molecule has 4 heteroatoms. The normalized spacial score (nSPS) is 19.1. The zero-order chi connectivity index (χ0) is 22.8. The van der Waals surface area contributed by atoms with Gasteiger partial charge in [-0.1, -0.05) is 84.9 Å². The van der Waals surface area contributed by atoms with E-state index in [4.69, 9.17) is 4.42 Å². The summed E-state index contributed by atoms with van der Waals surface area (Å²) in [5.41, 5.74) is 2.80. The number of fused-ring (bicyclic) bond motifs is 1. The highest BCUT2D eigenvalue weighted by Crippen LogP contribution is 2.51. The first kappa shape index (κ1) is 20.8. The lowest BCUT2D eigenvalue weighted by Gasteiger charge is -2.23. The number of rotatable bonds is 7. The van der Waals surface area contributed by atoms with Crippen molar-refractivity contribution in [3.05, 3.63) is 131 Å². The van der Waals surface area contributed by atoms with E-state index in [0.717, 1.165) is 11.1 Å². The lowest BCUT2D eigenvalue weighted by molar-refractivity contribution is 0.0788. The minimum Gasteiger partial charge on any atom is -0.461 e. The number of carbonyl (C=O) groups excluding carboxylic acids is 3. The molecule has 0 amide bonds. The second-order valence-electron chi connectivity index (χ2n) is 8.30. The molecule has 3 atom stereocenters. The third-order valence-corrected chi connectivity index (χ3v) is 6.43. The van der Waals surface area contributed by atoms with E-state index in [9.17, 15) is 14.4 Å². The minimum atomic E-state index is -0.714. The van der Waals surface area contributed by atoms with E-state index < -0.39 is 17.8 Å². The van der Waals surface area contributed by atoms with E-state index in [2.05, 4.69) is 0 Å². The summed E-state index contributed by atoms with van der Waals surface area (Å²) >= 11 is 0. The average Bonchev–Trinajstić information content (AvgIpc) is 3.51. The van der Waals surface area contributed by atoms with E-state index in [-0.39, 0.29) is 29.5 Å². The molecule has 0 N–H and O–H groups in total. The summed E-state index contributed by atoms with van der Waals surface area (Å²) in [5, 5.41) is 0. The molecule has 3 aromatic carbocycles. The maximum absolute atomic E-state index is 13.8. The summed E-state index contributed by atoms with van der Waals surface area (Å²) in [6.07, 6.45) is 1.60. The van der Waals surface area contributed by atoms with Crippen LogP contribution in [0, 0.1) is 5.92 Å². The van der Waals surface area contributed by atoms with Gasteiger partial charge in [-0.2, -0.15) is 0 Å². The Balaban J connectivity index is 1.61. The fourth-order valence-electron chi connectivity index (χ4n) is 4.93. The lowest BCUT2D eigenvalue weighted by atomic mass is 9.76. The summed E-state index contributed by atoms with van der Waals surface area (Å²) in [5.74, 6) is -2.03. The average molecular weight is 434 g/mol. The number of furan rings is 1. The molecule has 1 aliphatic carbocycles. The summed E-state index contributed by atoms with van der Waals surface area (Å²) in [6.45, 7) is 0. The molecule has 33 heavy (non-hydrogen) atoms. The largest absolute Gasteiger partial charge is 0.461 e. The lowest BCUT2D eigenvalue weighted by Crippen LogP contribution is -2.29. The minimum absolute atomic E-state index is 0.0487. The fourth-order valence-corrected chi connectivity index (χ4v) is 4.93. The van der Waals surface area contributed by atoms with Crippen molar-refractivity contribution in [3.8, 4) is 0 Å². The molecule has 1 aliphatic rings. The first-order chi connectivity index (χ1) is 16.1. The molecule has 0 spiro atoms. The van der Waals surface area contributed by atoms with Crippen LogP contribution in [0.2, 0.25) is 0 Å². The van der Waals surface area contributed by atoms with Gasteiger partial charge in [-0.25, -0.2) is 0 Å². The van der Waals surface area contributed by atoms with Crippen LogP contribution in [-0.2, 0) is 0 Å². The van der Waals surface area contributed by atoms with Gasteiger partial charge in [0.2, 0.25) is 5.78 Å². The first-order valence-electron chi connectivity index (χ1n) is 11.0. The molecular weight excluding hydrogens is 412 g/mol. The molecule has 5 rings (SSSR count). The Labute approximate surface area is 191 Å². The molecule has 0 unspecified atom stereocenters. The summed E-state index contributed by atoms with van der Waals surface area (Å²) in [4.78, 5) is 40.6. The molecule has 0 radical (unpaired) electrons. The predicted octanol–water partition coefficient (Wildman–Crippen LogP) is 6.12. The highest BCUT2D eigenvalue weighted by atomic mass is 16.3. The van der Waals surface area contributed by atoms with E-state index >= 15 is 0 Å². The Morgan fingerprint density at radius 2 is 1.24 bits per heavy atom. The molecule has 1 aromatic heterocycles. The Morgan fingerprint density at radius 1 is 0.636 bits per heavy atom. The van der Waals surface area contributed by atoms with Crippen molar-refractivity contribution in [1.29, 1.82) is 0 Å². The third-order valence-electron chi connectivity index (χ3n) is 6.43. The van der Waals surface area contributed by atoms with Gasteiger partial charge in [-0.15, -0.1) is 0 Å². The van der Waals surface area contributed by atoms with E-state index in [1.165, 1.54) is 6.26 Å². The van der Waals surface area contributed by atoms with Gasteiger partial charge in [0.05, 0.1) is 12.2 Å². The second-order valence-corrected chi connectivity index (χ2v) is 8.30. The summed E-state index contributed by atoms with van der Waals surface area (Å²) in [6, 6.07) is 28.9. The number of hydrogen-bond donors (Lipinski definition) is 0. The Hall–Kier alpha value is -4.05. The van der Waals surface area contributed by atoms with Crippen LogP contribution < -0.4 is 0 Å². The quantitative estimate of drug-likeness (QED) is 0.329. The zero-order valence-corrected chi connectivity index (χ0v) is 17.9. The van der Waals surface area contributed by atoms with Crippen LogP contribution >= 0.6 is 0 Å². The van der Waals surface area contributed by atoms with Crippen LogP contribution in [-0.4, -0.2) is 17.3 Å². The van der Waals surface area contributed by atoms with Gasteiger partial charge in [-0.05, 0) is 23.3 Å². The smallest absolute Gasteiger partial charge is 0.206 e. The fraction of sp³-hybridized carbons (Fsp3) is 0.138. The molecule has 0 bridgehead atoms. The van der Waals surface area contributed by atoms with Crippen LogP contribution in [0.5, 0.6) is 0 Å². The van der Waals surface area contributed by atoms with Crippen molar-refractivity contribution in [2.75, 3.05) is 0 Å². The van der Waals surface area contributed by atoms with E-state index in [0.29, 0.717) is 11.1 Å². The zero-order valence-electron chi connectivity index (χ0n) is 17.9. The monoisotopic (exact) mass is 434 g/mol. The van der Waals surface area contributed by atoms with Crippen LogP contribution in [0.25, 0.3) is 0 Å². The highest BCUT2D eigenvalue weighted by Gasteiger charge is 2.49. The van der Waals surface area contributed by atoms with Gasteiger partial charge in [-0.3, -0.25) is 14.4 Å². The SMILES string of the molecule is O=C(C[C@@H]1c2ccccc2[C@@H](C(=O)c2ccco2)[C@@H]1C(=O)c1ccccc1)c1ccccc1. The van der Waals surface area contributed by atoms with Crippen LogP contribution in [0.1, 0.15) is 60.7 Å². The van der Waals surface area contributed by atoms with E-state index in [1.54, 1.807) is 36.4 Å². The van der Waals surface area contributed by atoms with Gasteiger partial charge in [0.25, 0.3) is 0 Å². The summed E-state index contributed by atoms with van der Waals surface area (Å²) < 4.78 is 5.41. The molecule has 1 heterocycles. The summed E-state index contributed by atoms with van der Waals surface area (Å²) in [7, 11) is 0. The highest BCUT2D eigenvalue weighted by molar-refractivity contribution is 6.08. The molecule has 4 nitrogen and oxygen atoms in total. The van der Waals surface area contributed by atoms with Crippen LogP contribution in [0.3, 0.4) is 0 Å². The van der Waals surface area contributed by atoms with Gasteiger partial charge < -0.3 is 4.42 Å². The Bertz CT molecular complexity index is 1290. The number of carbonyl (C=O) groups is 3. The maximum atomic E-state index is 13.8. The van der Waals surface area contributed by atoms with Gasteiger partial charge in [0, 0.05) is 29.4 Å². The number of benzene rings is 3. The first-order valence-corrected chi connectivity index (χ1v) is 11.0. The Morgan fingerprint density at radius 3 is 1.88 bits per heavy atom. The molecule has 162 valence electrons. The Kier molecular flexibility index (Phi) is 5.57. The van der Waals surface area contributed by atoms with Crippen molar-refractivity contribution < 1.29 is 18.8 Å². The molecule has 0 fully saturated rings. The number of ketones is 3. The number of hydrogen-bond acceptors (Lipinski definition) is 4. The third kappa shape index (κ3) is 3.85. The predicted molar refractivity (Wildman–Crippen MR) is 125 cm³/mol. The molecule has 0 saturated carbocycles. The molecule has 0 saturated heterocycles. The standard InChI is InChI=1S/C29H22O4/c30-24(19-10-3-1-4-11-19)18-23-21-14-7-8-15-22(21)26(29(32)25-16-9-17-33-25)27(23)28(31)20-12-5-2-6-13-20/h1-17,23,26-27H,18H2/t23-,26-,27-/m1/s1. The van der Waals surface area contributed by atoms with Gasteiger partial charge in [0.1, 0.15) is 0 Å². The topological polar surface area (TPSA) is 64.3 Å². The van der Waals surface area contributed by atoms with Crippen molar-refractivity contribution in [2.24, 2.45) is 5.92 Å². The number of Topliss-reactive ketones (excluding diaryl/α,β-unsaturated/α-hetero) is 3. The van der Waals surface area contributed by atoms with Crippen LogP contribution in [0.4, 0.5) is 0 Å². The van der Waals surface area contributed by atoms with Gasteiger partial charge in [0.15, 0.2) is 17.3 Å². The van der Waals surface area contributed by atoms with E-state index in [1.807, 2.05) is 60.7 Å². The van der Waals surface area contributed by atoms with Gasteiger partial charge >= 0.3 is 0 Å². The van der Waals surface area contributed by atoms with Crippen molar-refractivity contribution in [2.45, 2.75) is 18.3 Å². The molecule has 4 aromatic rings. The second kappa shape index (κ2) is 8.83. The molecule has 0 aliphatic heterocycles. The van der Waals surface area contributed by atoms with Crippen molar-refractivity contribution >= 4 is 17.3 Å². The van der Waals surface area contributed by atoms with Crippen LogP contribution in [0.15, 0.2) is 108 Å². The maximum Gasteiger partial charge on any atom is 0.206 e. The van der Waals surface area contributed by atoms with Crippen molar-refractivity contribution in [1.82, 2.24) is 0 Å². The molecular formula is C29H22O4. The van der Waals surface area contributed by atoms with Crippen molar-refractivity contribution in [3.63, 3.8) is 0 Å².